The maximum Gasteiger partial charge on any atom is 0.146 e. The van der Waals surface area contributed by atoms with E-state index in [1.54, 1.807) is 18.9 Å². The summed E-state index contributed by atoms with van der Waals surface area (Å²) < 4.78 is 10.3. The molecule has 0 saturated heterocycles. The number of rotatable bonds is 5. The lowest BCUT2D eigenvalue weighted by Crippen LogP contribution is -2.36. The molecule has 18 heavy (non-hydrogen) atoms. The van der Waals surface area contributed by atoms with E-state index >= 15 is 0 Å². The molecule has 0 radical (unpaired) electrons. The Morgan fingerprint density at radius 1 is 1.61 bits per heavy atom. The summed E-state index contributed by atoms with van der Waals surface area (Å²) in [5.41, 5.74) is 0.856. The molecular weight excluding hydrogens is 248 g/mol. The molecule has 0 aromatic rings. The normalized spacial score (nSPS) is 27.4. The third-order valence-corrected chi connectivity index (χ3v) is 4.26. The molecule has 0 spiro atoms. The molecule has 2 atom stereocenters. The van der Waals surface area contributed by atoms with Gasteiger partial charge in [-0.1, -0.05) is 13.8 Å². The molecule has 0 amide bonds. The van der Waals surface area contributed by atoms with Crippen LogP contribution in [0, 0.1) is 22.7 Å². The third-order valence-electron chi connectivity index (χ3n) is 3.50. The highest BCUT2D eigenvalue weighted by Crippen LogP contribution is 2.43. The van der Waals surface area contributed by atoms with Crippen molar-refractivity contribution in [2.24, 2.45) is 16.3 Å². The molecule has 1 heterocycles. The molecule has 1 aliphatic rings. The Bertz CT molecular complexity index is 387. The standard InChI is InChI=1S/C13H20N2O2S/c1-5-13(2)10(8-17-9-16-3)7-15-12(18-4)11(13)6-14/h7,11H,5,8-9H2,1-4H3. The molecule has 0 bridgehead atoms. The number of thioether (sulfide) groups is 1. The molecule has 0 aromatic carbocycles. The number of nitrogens with zero attached hydrogens (tertiary/aromatic N) is 2. The number of hydrogen-bond donors (Lipinski definition) is 0. The van der Waals surface area contributed by atoms with E-state index in [9.17, 15) is 5.26 Å². The molecular formula is C13H20N2O2S. The van der Waals surface area contributed by atoms with Gasteiger partial charge in [-0.25, -0.2) is 0 Å². The summed E-state index contributed by atoms with van der Waals surface area (Å²) in [6.45, 7) is 4.92. The lowest BCUT2D eigenvalue weighted by atomic mass is 9.69. The highest BCUT2D eigenvalue weighted by atomic mass is 32.2. The topological polar surface area (TPSA) is 54.6 Å². The molecule has 0 aromatic heterocycles. The van der Waals surface area contributed by atoms with Gasteiger partial charge < -0.3 is 9.47 Å². The van der Waals surface area contributed by atoms with E-state index in [-0.39, 0.29) is 18.1 Å². The second-order valence-electron chi connectivity index (χ2n) is 4.41. The summed E-state index contributed by atoms with van der Waals surface area (Å²) in [5, 5.41) is 10.3. The van der Waals surface area contributed by atoms with Crippen LogP contribution >= 0.6 is 11.8 Å². The quantitative estimate of drug-likeness (QED) is 0.568. The Labute approximate surface area is 113 Å². The van der Waals surface area contributed by atoms with Gasteiger partial charge in [0.25, 0.3) is 0 Å². The monoisotopic (exact) mass is 268 g/mol. The fourth-order valence-electron chi connectivity index (χ4n) is 2.06. The van der Waals surface area contributed by atoms with E-state index in [1.165, 1.54) is 0 Å². The molecule has 0 fully saturated rings. The maximum absolute atomic E-state index is 9.41. The van der Waals surface area contributed by atoms with Gasteiger partial charge in [-0.05, 0) is 18.2 Å². The third kappa shape index (κ3) is 2.94. The Balaban J connectivity index is 2.96. The van der Waals surface area contributed by atoms with Crippen LogP contribution in [-0.4, -0.2) is 31.8 Å². The van der Waals surface area contributed by atoms with Crippen LogP contribution in [0.25, 0.3) is 0 Å². The first kappa shape index (κ1) is 15.2. The molecule has 100 valence electrons. The van der Waals surface area contributed by atoms with Crippen LogP contribution in [-0.2, 0) is 9.47 Å². The van der Waals surface area contributed by atoms with Gasteiger partial charge in [-0.15, -0.1) is 11.8 Å². The van der Waals surface area contributed by atoms with Crippen LogP contribution in [0.4, 0.5) is 0 Å². The summed E-state index contributed by atoms with van der Waals surface area (Å²) in [6, 6.07) is 2.39. The van der Waals surface area contributed by atoms with Gasteiger partial charge in [0.15, 0.2) is 0 Å². The Kier molecular flexibility index (Phi) is 5.86. The van der Waals surface area contributed by atoms with E-state index in [0.717, 1.165) is 17.0 Å². The van der Waals surface area contributed by atoms with Crippen molar-refractivity contribution in [1.82, 2.24) is 0 Å². The smallest absolute Gasteiger partial charge is 0.146 e. The van der Waals surface area contributed by atoms with Crippen LogP contribution in [0.5, 0.6) is 0 Å². The molecule has 1 rings (SSSR count). The van der Waals surface area contributed by atoms with E-state index in [1.807, 2.05) is 12.5 Å². The molecule has 1 aliphatic heterocycles. The number of methoxy groups -OCH3 is 1. The first-order valence-electron chi connectivity index (χ1n) is 5.91. The van der Waals surface area contributed by atoms with Crippen molar-refractivity contribution in [1.29, 1.82) is 5.26 Å². The SMILES string of the molecule is CCC1(C)C(COCOC)=CN=C(SC)C1C#N. The van der Waals surface area contributed by atoms with E-state index in [4.69, 9.17) is 9.47 Å². The number of nitriles is 1. The van der Waals surface area contributed by atoms with Gasteiger partial charge in [-0.3, -0.25) is 4.99 Å². The highest BCUT2D eigenvalue weighted by Gasteiger charge is 2.41. The van der Waals surface area contributed by atoms with Gasteiger partial charge in [-0.2, -0.15) is 5.26 Å². The lowest BCUT2D eigenvalue weighted by molar-refractivity contribution is -0.0258. The lowest BCUT2D eigenvalue weighted by Gasteiger charge is -2.37. The minimum atomic E-state index is -0.206. The van der Waals surface area contributed by atoms with Crippen LogP contribution in [0.1, 0.15) is 20.3 Å². The summed E-state index contributed by atoms with van der Waals surface area (Å²) in [7, 11) is 1.59. The zero-order valence-corrected chi connectivity index (χ0v) is 12.2. The minimum absolute atomic E-state index is 0.191. The van der Waals surface area contributed by atoms with Gasteiger partial charge in [0, 0.05) is 18.7 Å². The van der Waals surface area contributed by atoms with Gasteiger partial charge in [0.1, 0.15) is 12.7 Å². The van der Waals surface area contributed by atoms with Crippen LogP contribution in [0.15, 0.2) is 16.8 Å². The van der Waals surface area contributed by atoms with Gasteiger partial charge in [0.2, 0.25) is 0 Å². The fraction of sp³-hybridized carbons (Fsp3) is 0.692. The molecule has 4 nitrogen and oxygen atoms in total. The number of ether oxygens (including phenoxy) is 2. The number of hydrogen-bond acceptors (Lipinski definition) is 5. The van der Waals surface area contributed by atoms with Gasteiger partial charge in [0.05, 0.1) is 17.7 Å². The van der Waals surface area contributed by atoms with Crippen LogP contribution < -0.4 is 0 Å². The zero-order chi connectivity index (χ0) is 13.6. The Hall–Kier alpha value is -0.830. The summed E-state index contributed by atoms with van der Waals surface area (Å²) >= 11 is 1.54. The largest absolute Gasteiger partial charge is 0.359 e. The fourth-order valence-corrected chi connectivity index (χ4v) is 2.76. The highest BCUT2D eigenvalue weighted by molar-refractivity contribution is 8.13. The Morgan fingerprint density at radius 2 is 2.33 bits per heavy atom. The second kappa shape index (κ2) is 6.93. The van der Waals surface area contributed by atoms with Crippen LogP contribution in [0.3, 0.4) is 0 Å². The van der Waals surface area contributed by atoms with Crippen molar-refractivity contribution in [3.63, 3.8) is 0 Å². The van der Waals surface area contributed by atoms with E-state index in [0.29, 0.717) is 6.61 Å². The summed E-state index contributed by atoms with van der Waals surface area (Å²) in [5.74, 6) is -0.191. The van der Waals surface area contributed by atoms with Crippen molar-refractivity contribution < 1.29 is 9.47 Å². The second-order valence-corrected chi connectivity index (χ2v) is 5.24. The predicted molar refractivity (Wildman–Crippen MR) is 74.4 cm³/mol. The average Bonchev–Trinajstić information content (AvgIpc) is 2.40. The molecule has 0 N–H and O–H groups in total. The first-order chi connectivity index (χ1) is 8.63. The predicted octanol–water partition coefficient (Wildman–Crippen LogP) is 2.82. The zero-order valence-electron chi connectivity index (χ0n) is 11.4. The van der Waals surface area contributed by atoms with Crippen molar-refractivity contribution in [2.45, 2.75) is 20.3 Å². The average molecular weight is 268 g/mol. The summed E-state index contributed by atoms with van der Waals surface area (Å²) in [4.78, 5) is 4.38. The summed E-state index contributed by atoms with van der Waals surface area (Å²) in [6.07, 6.45) is 4.69. The maximum atomic E-state index is 9.41. The molecule has 5 heteroatoms. The first-order valence-corrected chi connectivity index (χ1v) is 7.14. The van der Waals surface area contributed by atoms with Crippen molar-refractivity contribution in [2.75, 3.05) is 26.8 Å². The van der Waals surface area contributed by atoms with E-state index < -0.39 is 0 Å². The van der Waals surface area contributed by atoms with E-state index in [2.05, 4.69) is 24.9 Å². The Morgan fingerprint density at radius 3 is 2.83 bits per heavy atom. The molecule has 2 unspecified atom stereocenters. The van der Waals surface area contributed by atoms with Crippen molar-refractivity contribution in [3.8, 4) is 6.07 Å². The van der Waals surface area contributed by atoms with Crippen LogP contribution in [0.2, 0.25) is 0 Å². The van der Waals surface area contributed by atoms with Crippen molar-refractivity contribution >= 4 is 16.8 Å². The minimum Gasteiger partial charge on any atom is -0.359 e. The number of aliphatic imine (C=N–C) groups is 1. The van der Waals surface area contributed by atoms with Gasteiger partial charge >= 0.3 is 0 Å². The van der Waals surface area contributed by atoms with Crippen molar-refractivity contribution in [3.05, 3.63) is 11.8 Å². The molecule has 0 aliphatic carbocycles. The molecule has 0 saturated carbocycles.